The van der Waals surface area contributed by atoms with E-state index in [0.717, 1.165) is 12.8 Å². The van der Waals surface area contributed by atoms with E-state index in [4.69, 9.17) is 4.74 Å². The van der Waals surface area contributed by atoms with Crippen LogP contribution in [-0.2, 0) is 14.4 Å². The molecule has 0 radical (unpaired) electrons. The first-order valence-corrected chi connectivity index (χ1v) is 8.60. The Kier molecular flexibility index (Phi) is 5.21. The second-order valence-corrected chi connectivity index (χ2v) is 6.47. The molecule has 7 nitrogen and oxygen atoms in total. The molecule has 25 heavy (non-hydrogen) atoms. The third-order valence-corrected chi connectivity index (χ3v) is 4.41. The molecule has 0 unspecified atom stereocenters. The average Bonchev–Trinajstić information content (AvgIpc) is 3.45. The van der Waals surface area contributed by atoms with Crippen molar-refractivity contribution in [3.8, 4) is 5.75 Å². The average molecular weight is 345 g/mol. The van der Waals surface area contributed by atoms with E-state index in [9.17, 15) is 14.4 Å². The SMILES string of the molecule is CC(=O)Nc1ccc(OCC(=O)N2CCN(C(=O)C3CC3)CC2)cc1. The molecule has 3 amide bonds. The zero-order valence-electron chi connectivity index (χ0n) is 14.4. The number of hydrogen-bond donors (Lipinski definition) is 1. The zero-order valence-corrected chi connectivity index (χ0v) is 14.4. The van der Waals surface area contributed by atoms with Crippen LogP contribution in [0.3, 0.4) is 0 Å². The van der Waals surface area contributed by atoms with Crippen molar-refractivity contribution in [3.63, 3.8) is 0 Å². The Bertz CT molecular complexity index is 647. The summed E-state index contributed by atoms with van der Waals surface area (Å²) in [5.41, 5.74) is 0.683. The van der Waals surface area contributed by atoms with Crippen molar-refractivity contribution in [2.45, 2.75) is 19.8 Å². The van der Waals surface area contributed by atoms with Crippen molar-refractivity contribution in [2.75, 3.05) is 38.1 Å². The molecule has 1 aromatic rings. The van der Waals surface area contributed by atoms with Crippen molar-refractivity contribution >= 4 is 23.4 Å². The fourth-order valence-corrected chi connectivity index (χ4v) is 2.84. The molecule has 1 N–H and O–H groups in total. The van der Waals surface area contributed by atoms with Crippen LogP contribution in [0.5, 0.6) is 5.75 Å². The lowest BCUT2D eigenvalue weighted by Crippen LogP contribution is -2.52. The van der Waals surface area contributed by atoms with Gasteiger partial charge in [-0.25, -0.2) is 0 Å². The van der Waals surface area contributed by atoms with Gasteiger partial charge in [0.25, 0.3) is 5.91 Å². The maximum Gasteiger partial charge on any atom is 0.260 e. The predicted molar refractivity (Wildman–Crippen MR) is 92.1 cm³/mol. The van der Waals surface area contributed by atoms with Crippen LogP contribution in [0.2, 0.25) is 0 Å². The maximum atomic E-state index is 12.2. The highest BCUT2D eigenvalue weighted by molar-refractivity contribution is 5.88. The fourth-order valence-electron chi connectivity index (χ4n) is 2.84. The number of rotatable bonds is 5. The number of benzene rings is 1. The fraction of sp³-hybridized carbons (Fsp3) is 0.500. The molecule has 0 bridgehead atoms. The molecule has 1 saturated heterocycles. The minimum atomic E-state index is -0.136. The minimum absolute atomic E-state index is 0.0317. The van der Waals surface area contributed by atoms with E-state index < -0.39 is 0 Å². The zero-order chi connectivity index (χ0) is 17.8. The minimum Gasteiger partial charge on any atom is -0.484 e. The third-order valence-electron chi connectivity index (χ3n) is 4.41. The van der Waals surface area contributed by atoms with Crippen LogP contribution in [0.15, 0.2) is 24.3 Å². The summed E-state index contributed by atoms with van der Waals surface area (Å²) in [6.07, 6.45) is 2.01. The van der Waals surface area contributed by atoms with Crippen molar-refractivity contribution in [2.24, 2.45) is 5.92 Å². The monoisotopic (exact) mass is 345 g/mol. The molecule has 1 heterocycles. The van der Waals surface area contributed by atoms with Gasteiger partial charge in [-0.3, -0.25) is 14.4 Å². The molecule has 1 aromatic carbocycles. The highest BCUT2D eigenvalue weighted by Gasteiger charge is 2.35. The van der Waals surface area contributed by atoms with Gasteiger partial charge in [0.05, 0.1) is 0 Å². The van der Waals surface area contributed by atoms with Crippen LogP contribution in [0, 0.1) is 5.92 Å². The van der Waals surface area contributed by atoms with Crippen molar-refractivity contribution < 1.29 is 19.1 Å². The highest BCUT2D eigenvalue weighted by atomic mass is 16.5. The molecule has 0 atom stereocenters. The molecule has 2 fully saturated rings. The van der Waals surface area contributed by atoms with Crippen LogP contribution in [0.1, 0.15) is 19.8 Å². The lowest BCUT2D eigenvalue weighted by molar-refractivity contribution is -0.141. The van der Waals surface area contributed by atoms with E-state index in [0.29, 0.717) is 37.6 Å². The molecule has 1 aliphatic heterocycles. The van der Waals surface area contributed by atoms with E-state index in [1.165, 1.54) is 6.92 Å². The van der Waals surface area contributed by atoms with Crippen molar-refractivity contribution in [3.05, 3.63) is 24.3 Å². The van der Waals surface area contributed by atoms with E-state index >= 15 is 0 Å². The molecular weight excluding hydrogens is 322 g/mol. The summed E-state index contributed by atoms with van der Waals surface area (Å²) in [4.78, 5) is 38.8. The van der Waals surface area contributed by atoms with Gasteiger partial charge in [0.2, 0.25) is 11.8 Å². The van der Waals surface area contributed by atoms with Gasteiger partial charge in [-0.15, -0.1) is 0 Å². The molecule has 0 spiro atoms. The Balaban J connectivity index is 1.42. The standard InChI is InChI=1S/C18H23N3O4/c1-13(22)19-15-4-6-16(7-5-15)25-12-17(23)20-8-10-21(11-9-20)18(24)14-2-3-14/h4-7,14H,2-3,8-12H2,1H3,(H,19,22). The van der Waals surface area contributed by atoms with E-state index in [2.05, 4.69) is 5.32 Å². The van der Waals surface area contributed by atoms with Gasteiger partial charge in [0.15, 0.2) is 6.61 Å². The molecule has 0 aromatic heterocycles. The van der Waals surface area contributed by atoms with Crippen LogP contribution in [0.4, 0.5) is 5.69 Å². The molecule has 134 valence electrons. The van der Waals surface area contributed by atoms with Gasteiger partial charge in [-0.05, 0) is 37.1 Å². The van der Waals surface area contributed by atoms with Gasteiger partial charge in [0.1, 0.15) is 5.75 Å². The maximum absolute atomic E-state index is 12.2. The summed E-state index contributed by atoms with van der Waals surface area (Å²) in [6, 6.07) is 6.88. The molecule has 1 aliphatic carbocycles. The summed E-state index contributed by atoms with van der Waals surface area (Å²) in [6.45, 7) is 3.74. The van der Waals surface area contributed by atoms with E-state index in [1.54, 1.807) is 29.2 Å². The number of amides is 3. The number of piperazine rings is 1. The molecule has 3 rings (SSSR count). The molecule has 1 saturated carbocycles. The van der Waals surface area contributed by atoms with Gasteiger partial charge < -0.3 is 19.9 Å². The summed E-state index contributed by atoms with van der Waals surface area (Å²) in [5.74, 6) is 0.825. The number of carbonyl (C=O) groups is 3. The highest BCUT2D eigenvalue weighted by Crippen LogP contribution is 2.31. The second kappa shape index (κ2) is 7.55. The Morgan fingerprint density at radius 3 is 2.20 bits per heavy atom. The summed E-state index contributed by atoms with van der Waals surface area (Å²) < 4.78 is 5.52. The number of anilines is 1. The van der Waals surface area contributed by atoms with Gasteiger partial charge in [0, 0.05) is 44.7 Å². The molecule has 2 aliphatic rings. The second-order valence-electron chi connectivity index (χ2n) is 6.47. The normalized spacial score (nSPS) is 17.2. The van der Waals surface area contributed by atoms with Gasteiger partial charge in [-0.1, -0.05) is 0 Å². The third kappa shape index (κ3) is 4.71. The number of carbonyl (C=O) groups excluding carboxylic acids is 3. The Labute approximate surface area is 146 Å². The Morgan fingerprint density at radius 2 is 1.64 bits per heavy atom. The Hall–Kier alpha value is -2.57. The first-order chi connectivity index (χ1) is 12.0. The van der Waals surface area contributed by atoms with Crippen LogP contribution >= 0.6 is 0 Å². The topological polar surface area (TPSA) is 79.0 Å². The number of nitrogens with one attached hydrogen (secondary N) is 1. The predicted octanol–water partition coefficient (Wildman–Crippen LogP) is 1.10. The molecular formula is C18H23N3O4. The van der Waals surface area contributed by atoms with Crippen molar-refractivity contribution in [1.82, 2.24) is 9.80 Å². The Morgan fingerprint density at radius 1 is 1.04 bits per heavy atom. The van der Waals surface area contributed by atoms with E-state index in [1.807, 2.05) is 4.90 Å². The first-order valence-electron chi connectivity index (χ1n) is 8.60. The number of hydrogen-bond acceptors (Lipinski definition) is 4. The number of nitrogens with zero attached hydrogens (tertiary/aromatic N) is 2. The summed E-state index contributed by atoms with van der Waals surface area (Å²) in [7, 11) is 0. The smallest absolute Gasteiger partial charge is 0.260 e. The van der Waals surface area contributed by atoms with Crippen LogP contribution in [0.25, 0.3) is 0 Å². The lowest BCUT2D eigenvalue weighted by atomic mass is 10.2. The quantitative estimate of drug-likeness (QED) is 0.867. The van der Waals surface area contributed by atoms with E-state index in [-0.39, 0.29) is 30.2 Å². The van der Waals surface area contributed by atoms with Gasteiger partial charge >= 0.3 is 0 Å². The molecule has 7 heteroatoms. The summed E-state index contributed by atoms with van der Waals surface area (Å²) >= 11 is 0. The van der Waals surface area contributed by atoms with Crippen LogP contribution in [-0.4, -0.2) is 60.3 Å². The number of ether oxygens (including phenoxy) is 1. The largest absolute Gasteiger partial charge is 0.484 e. The lowest BCUT2D eigenvalue weighted by Gasteiger charge is -2.34. The van der Waals surface area contributed by atoms with Crippen LogP contribution < -0.4 is 10.1 Å². The first kappa shape index (κ1) is 17.3. The van der Waals surface area contributed by atoms with Gasteiger partial charge in [-0.2, -0.15) is 0 Å². The summed E-state index contributed by atoms with van der Waals surface area (Å²) in [5, 5.41) is 2.67. The van der Waals surface area contributed by atoms with Crippen molar-refractivity contribution in [1.29, 1.82) is 0 Å².